The summed E-state index contributed by atoms with van der Waals surface area (Å²) in [5.41, 5.74) is 1.50. The second kappa shape index (κ2) is 20.3. The van der Waals surface area contributed by atoms with Gasteiger partial charge in [-0.1, -0.05) is 102 Å². The molecule has 32 heavy (non-hydrogen) atoms. The first kappa shape index (κ1) is 28.1. The highest BCUT2D eigenvalue weighted by Crippen LogP contribution is 2.16. The normalized spacial score (nSPS) is 16.5. The summed E-state index contributed by atoms with van der Waals surface area (Å²) < 4.78 is 12.7. The van der Waals surface area contributed by atoms with Gasteiger partial charge in [-0.15, -0.1) is 0 Å². The molecule has 2 rings (SSSR count). The molecule has 184 valence electrons. The van der Waals surface area contributed by atoms with E-state index in [1.807, 2.05) is 0 Å². The van der Waals surface area contributed by atoms with Crippen LogP contribution in [0.25, 0.3) is 0 Å². The van der Waals surface area contributed by atoms with Crippen LogP contribution in [0.4, 0.5) is 0 Å². The lowest BCUT2D eigenvalue weighted by molar-refractivity contribution is -0.162. The van der Waals surface area contributed by atoms with Crippen molar-refractivity contribution in [3.63, 3.8) is 0 Å². The third kappa shape index (κ3) is 15.7. The van der Waals surface area contributed by atoms with E-state index in [9.17, 15) is 0 Å². The van der Waals surface area contributed by atoms with Crippen molar-refractivity contribution < 1.29 is 9.47 Å². The molecule has 3 heteroatoms. The van der Waals surface area contributed by atoms with Gasteiger partial charge in [0.25, 0.3) is 0 Å². The SMILES string of the molecule is Ic1ccc(CCCCCCCCCCCCCCCCCCOC2CCCCO2)cc1. The number of unbranched alkanes of at least 4 members (excludes halogenated alkanes) is 15. The largest absolute Gasteiger partial charge is 0.353 e. The Balaban J connectivity index is 1.21. The Kier molecular flexibility index (Phi) is 17.8. The molecular formula is C29H49IO2. The van der Waals surface area contributed by atoms with Gasteiger partial charge in [-0.05, 0) is 78.8 Å². The Morgan fingerprint density at radius 2 is 1.16 bits per heavy atom. The van der Waals surface area contributed by atoms with Crippen molar-refractivity contribution >= 4 is 22.6 Å². The fourth-order valence-corrected chi connectivity index (χ4v) is 4.97. The summed E-state index contributed by atoms with van der Waals surface area (Å²) in [6, 6.07) is 9.02. The predicted molar refractivity (Wildman–Crippen MR) is 146 cm³/mol. The summed E-state index contributed by atoms with van der Waals surface area (Å²) in [7, 11) is 0. The van der Waals surface area contributed by atoms with Crippen LogP contribution in [-0.2, 0) is 15.9 Å². The third-order valence-electron chi connectivity index (χ3n) is 6.71. The van der Waals surface area contributed by atoms with Gasteiger partial charge in [0, 0.05) is 16.8 Å². The maximum atomic E-state index is 5.80. The number of hydrogen-bond acceptors (Lipinski definition) is 2. The van der Waals surface area contributed by atoms with Crippen molar-refractivity contribution in [2.45, 2.75) is 135 Å². The van der Waals surface area contributed by atoms with E-state index in [0.717, 1.165) is 19.6 Å². The quantitative estimate of drug-likeness (QED) is 0.118. The fraction of sp³-hybridized carbons (Fsp3) is 0.793. The molecule has 1 aliphatic heterocycles. The molecular weight excluding hydrogens is 507 g/mol. The average Bonchev–Trinajstić information content (AvgIpc) is 2.82. The molecule has 1 saturated heterocycles. The van der Waals surface area contributed by atoms with Gasteiger partial charge >= 0.3 is 0 Å². The molecule has 1 fully saturated rings. The predicted octanol–water partition coefficient (Wildman–Crippen LogP) is 9.62. The summed E-state index contributed by atoms with van der Waals surface area (Å²) in [5, 5.41) is 0. The molecule has 0 aromatic heterocycles. The van der Waals surface area contributed by atoms with Crippen molar-refractivity contribution in [2.24, 2.45) is 0 Å². The zero-order chi connectivity index (χ0) is 22.5. The number of benzene rings is 1. The number of hydrogen-bond donors (Lipinski definition) is 0. The molecule has 0 amide bonds. The lowest BCUT2D eigenvalue weighted by Crippen LogP contribution is -2.22. The van der Waals surface area contributed by atoms with Crippen molar-refractivity contribution in [2.75, 3.05) is 13.2 Å². The van der Waals surface area contributed by atoms with Crippen LogP contribution in [0.5, 0.6) is 0 Å². The van der Waals surface area contributed by atoms with E-state index in [0.29, 0.717) is 0 Å². The molecule has 0 bridgehead atoms. The van der Waals surface area contributed by atoms with E-state index in [4.69, 9.17) is 9.47 Å². The third-order valence-corrected chi connectivity index (χ3v) is 7.43. The fourth-order valence-electron chi connectivity index (χ4n) is 4.61. The van der Waals surface area contributed by atoms with E-state index in [1.165, 1.54) is 131 Å². The van der Waals surface area contributed by atoms with Crippen LogP contribution in [0.15, 0.2) is 24.3 Å². The number of halogens is 1. The second-order valence-electron chi connectivity index (χ2n) is 9.70. The first-order valence-electron chi connectivity index (χ1n) is 13.8. The smallest absolute Gasteiger partial charge is 0.157 e. The van der Waals surface area contributed by atoms with Crippen LogP contribution in [0, 0.1) is 3.57 Å². The van der Waals surface area contributed by atoms with Crippen LogP contribution in [0.2, 0.25) is 0 Å². The first-order valence-corrected chi connectivity index (χ1v) is 14.9. The summed E-state index contributed by atoms with van der Waals surface area (Å²) in [4.78, 5) is 0. The van der Waals surface area contributed by atoms with Crippen molar-refractivity contribution in [3.05, 3.63) is 33.4 Å². The monoisotopic (exact) mass is 556 g/mol. The van der Waals surface area contributed by atoms with E-state index in [2.05, 4.69) is 46.9 Å². The minimum absolute atomic E-state index is 0.0953. The Hall–Kier alpha value is -0.130. The van der Waals surface area contributed by atoms with Crippen molar-refractivity contribution in [1.29, 1.82) is 0 Å². The van der Waals surface area contributed by atoms with E-state index >= 15 is 0 Å². The van der Waals surface area contributed by atoms with Gasteiger partial charge in [0.05, 0.1) is 0 Å². The Bertz CT molecular complexity index is 524. The molecule has 1 atom stereocenters. The zero-order valence-electron chi connectivity index (χ0n) is 20.6. The second-order valence-corrected chi connectivity index (χ2v) is 10.9. The molecule has 1 unspecified atom stereocenters. The molecule has 0 spiro atoms. The van der Waals surface area contributed by atoms with E-state index in [1.54, 1.807) is 0 Å². The van der Waals surface area contributed by atoms with Gasteiger partial charge in [0.15, 0.2) is 6.29 Å². The van der Waals surface area contributed by atoms with E-state index < -0.39 is 0 Å². The van der Waals surface area contributed by atoms with Gasteiger partial charge in [-0.2, -0.15) is 0 Å². The standard InChI is InChI=1S/C29H49IO2/c30-28-23-21-27(22-24-28)19-15-13-11-9-7-5-3-1-2-4-6-8-10-12-14-17-25-31-29-20-16-18-26-32-29/h21-24,29H,1-20,25-26H2. The summed E-state index contributed by atoms with van der Waals surface area (Å²) in [6.45, 7) is 1.78. The molecule has 0 radical (unpaired) electrons. The van der Waals surface area contributed by atoms with Crippen molar-refractivity contribution in [3.8, 4) is 0 Å². The Labute approximate surface area is 212 Å². The lowest BCUT2D eigenvalue weighted by atomic mass is 10.0. The average molecular weight is 557 g/mol. The Morgan fingerprint density at radius 3 is 1.66 bits per heavy atom. The number of rotatable bonds is 20. The molecule has 1 aromatic rings. The minimum Gasteiger partial charge on any atom is -0.353 e. The topological polar surface area (TPSA) is 18.5 Å². The van der Waals surface area contributed by atoms with Crippen LogP contribution in [0.1, 0.15) is 128 Å². The van der Waals surface area contributed by atoms with Gasteiger partial charge < -0.3 is 9.47 Å². The molecule has 1 heterocycles. The van der Waals surface area contributed by atoms with Gasteiger partial charge in [0.1, 0.15) is 0 Å². The molecule has 1 aromatic carbocycles. The summed E-state index contributed by atoms with van der Waals surface area (Å²) >= 11 is 2.38. The molecule has 0 N–H and O–H groups in total. The number of aryl methyl sites for hydroxylation is 1. The minimum atomic E-state index is 0.0953. The molecule has 0 saturated carbocycles. The van der Waals surface area contributed by atoms with Gasteiger partial charge in [-0.25, -0.2) is 0 Å². The first-order chi connectivity index (χ1) is 15.8. The van der Waals surface area contributed by atoms with E-state index in [-0.39, 0.29) is 6.29 Å². The molecule has 2 nitrogen and oxygen atoms in total. The van der Waals surface area contributed by atoms with Crippen molar-refractivity contribution in [1.82, 2.24) is 0 Å². The highest BCUT2D eigenvalue weighted by Gasteiger charge is 2.13. The van der Waals surface area contributed by atoms with Gasteiger partial charge in [0.2, 0.25) is 0 Å². The highest BCUT2D eigenvalue weighted by molar-refractivity contribution is 14.1. The molecule has 0 aliphatic carbocycles. The van der Waals surface area contributed by atoms with Crippen LogP contribution in [0.3, 0.4) is 0 Å². The van der Waals surface area contributed by atoms with Crippen LogP contribution < -0.4 is 0 Å². The lowest BCUT2D eigenvalue weighted by Gasteiger charge is -2.22. The zero-order valence-corrected chi connectivity index (χ0v) is 22.8. The highest BCUT2D eigenvalue weighted by atomic mass is 127. The summed E-state index contributed by atoms with van der Waals surface area (Å²) in [5.74, 6) is 0. The Morgan fingerprint density at radius 1 is 0.656 bits per heavy atom. The van der Waals surface area contributed by atoms with Gasteiger partial charge in [-0.3, -0.25) is 0 Å². The maximum absolute atomic E-state index is 5.80. The van der Waals surface area contributed by atoms with Crippen LogP contribution >= 0.6 is 22.6 Å². The van der Waals surface area contributed by atoms with Crippen LogP contribution in [-0.4, -0.2) is 19.5 Å². The maximum Gasteiger partial charge on any atom is 0.157 e. The molecule has 1 aliphatic rings. The number of ether oxygens (including phenoxy) is 2. The summed E-state index contributed by atoms with van der Waals surface area (Å²) in [6.07, 6.45) is 27.4.